The molecule has 0 bridgehead atoms. The molecule has 0 fully saturated rings. The van der Waals surface area contributed by atoms with Crippen LogP contribution < -0.4 is 10.6 Å². The minimum atomic E-state index is -0.181. The van der Waals surface area contributed by atoms with Gasteiger partial charge in [0.15, 0.2) is 0 Å². The average Bonchev–Trinajstić information content (AvgIpc) is 2.25. The minimum Gasteiger partial charge on any atom is -0.396 e. The van der Waals surface area contributed by atoms with Crippen LogP contribution in [-0.2, 0) is 4.79 Å². The van der Waals surface area contributed by atoms with Gasteiger partial charge in [-0.15, -0.1) is 0 Å². The summed E-state index contributed by atoms with van der Waals surface area (Å²) >= 11 is 0. The lowest BCUT2D eigenvalue weighted by Crippen LogP contribution is -2.49. The van der Waals surface area contributed by atoms with Crippen LogP contribution in [-0.4, -0.2) is 29.8 Å². The van der Waals surface area contributed by atoms with E-state index < -0.39 is 0 Å². The van der Waals surface area contributed by atoms with Crippen LogP contribution in [0.1, 0.15) is 40.0 Å². The number of amides is 1. The highest BCUT2D eigenvalue weighted by Gasteiger charge is 2.14. The molecule has 0 aromatic rings. The Balaban J connectivity index is 4.25. The summed E-state index contributed by atoms with van der Waals surface area (Å²) in [7, 11) is 0. The van der Waals surface area contributed by atoms with Crippen LogP contribution in [0.15, 0.2) is 12.2 Å². The Morgan fingerprint density at radius 3 is 2.31 bits per heavy atom. The number of nitrogens with one attached hydrogen (secondary N) is 2. The number of rotatable bonds is 8. The van der Waals surface area contributed by atoms with Crippen molar-refractivity contribution in [2.24, 2.45) is 0 Å². The van der Waals surface area contributed by atoms with Crippen molar-refractivity contribution in [3.63, 3.8) is 0 Å². The van der Waals surface area contributed by atoms with E-state index in [4.69, 9.17) is 5.11 Å². The van der Waals surface area contributed by atoms with Gasteiger partial charge in [-0.3, -0.25) is 10.1 Å². The third kappa shape index (κ3) is 5.88. The van der Waals surface area contributed by atoms with Crippen LogP contribution in [0.3, 0.4) is 0 Å². The van der Waals surface area contributed by atoms with Gasteiger partial charge in [-0.25, -0.2) is 0 Å². The van der Waals surface area contributed by atoms with E-state index in [1.807, 2.05) is 0 Å². The van der Waals surface area contributed by atoms with Gasteiger partial charge in [-0.05, 0) is 19.8 Å². The summed E-state index contributed by atoms with van der Waals surface area (Å²) in [5, 5.41) is 15.0. The molecule has 4 nitrogen and oxygen atoms in total. The molecule has 0 aromatic heterocycles. The summed E-state index contributed by atoms with van der Waals surface area (Å²) in [5.74, 6) is -0.170. The van der Waals surface area contributed by atoms with E-state index >= 15 is 0 Å². The molecule has 0 saturated heterocycles. The topological polar surface area (TPSA) is 61.4 Å². The van der Waals surface area contributed by atoms with E-state index in [-0.39, 0.29) is 18.7 Å². The van der Waals surface area contributed by atoms with Crippen LogP contribution in [0, 0.1) is 0 Å². The molecule has 0 aliphatic carbocycles. The summed E-state index contributed by atoms with van der Waals surface area (Å²) in [6, 6.07) is 0.363. The summed E-state index contributed by atoms with van der Waals surface area (Å²) in [5.41, 5.74) is 0.481. The van der Waals surface area contributed by atoms with Gasteiger partial charge in [0.25, 0.3) is 0 Å². The molecule has 0 aliphatic rings. The molecule has 1 amide bonds. The van der Waals surface area contributed by atoms with Crippen molar-refractivity contribution in [1.82, 2.24) is 10.6 Å². The second kappa shape index (κ2) is 8.30. The Hall–Kier alpha value is -0.870. The lowest BCUT2D eigenvalue weighted by Gasteiger charge is -2.24. The number of carbonyl (C=O) groups is 1. The highest BCUT2D eigenvalue weighted by Crippen LogP contribution is 2.00. The lowest BCUT2D eigenvalue weighted by atomic mass is 10.1. The summed E-state index contributed by atoms with van der Waals surface area (Å²) < 4.78 is 0. The molecule has 0 saturated carbocycles. The van der Waals surface area contributed by atoms with Crippen molar-refractivity contribution in [3.05, 3.63) is 12.2 Å². The standard InChI is InChI=1S/C12H24N2O2/c1-5-10(6-2)13-11(7-8-15)14-12(16)9(3)4/h10-11,13,15H,3,5-8H2,1-2,4H3,(H,14,16). The molecule has 0 spiro atoms. The van der Waals surface area contributed by atoms with Crippen LogP contribution in [0.5, 0.6) is 0 Å². The van der Waals surface area contributed by atoms with Crippen molar-refractivity contribution in [2.45, 2.75) is 52.2 Å². The van der Waals surface area contributed by atoms with Crippen molar-refractivity contribution in [2.75, 3.05) is 6.61 Å². The van der Waals surface area contributed by atoms with Gasteiger partial charge in [0.2, 0.25) is 5.91 Å². The zero-order chi connectivity index (χ0) is 12.6. The Morgan fingerprint density at radius 1 is 1.38 bits per heavy atom. The highest BCUT2D eigenvalue weighted by molar-refractivity contribution is 5.92. The smallest absolute Gasteiger partial charge is 0.247 e. The highest BCUT2D eigenvalue weighted by atomic mass is 16.3. The molecule has 0 aliphatic heterocycles. The SMILES string of the molecule is C=C(C)C(=O)NC(CCO)NC(CC)CC. The molecule has 4 heteroatoms. The van der Waals surface area contributed by atoms with Gasteiger partial charge in [-0.2, -0.15) is 0 Å². The Morgan fingerprint density at radius 2 is 1.94 bits per heavy atom. The quantitative estimate of drug-likeness (QED) is 0.431. The third-order valence-corrected chi connectivity index (χ3v) is 2.53. The fourth-order valence-electron chi connectivity index (χ4n) is 1.42. The largest absolute Gasteiger partial charge is 0.396 e. The molecule has 94 valence electrons. The number of carbonyl (C=O) groups excluding carboxylic acids is 1. The Kier molecular flexibility index (Phi) is 7.85. The molecule has 0 aromatic carbocycles. The molecule has 0 rings (SSSR count). The van der Waals surface area contributed by atoms with Crippen molar-refractivity contribution in [1.29, 1.82) is 0 Å². The van der Waals surface area contributed by atoms with Crippen molar-refractivity contribution < 1.29 is 9.90 Å². The normalized spacial score (nSPS) is 12.6. The van der Waals surface area contributed by atoms with E-state index in [1.54, 1.807) is 6.92 Å². The van der Waals surface area contributed by atoms with Crippen molar-refractivity contribution in [3.8, 4) is 0 Å². The zero-order valence-electron chi connectivity index (χ0n) is 10.5. The predicted molar refractivity (Wildman–Crippen MR) is 66.0 cm³/mol. The molecule has 0 heterocycles. The number of hydrogen-bond donors (Lipinski definition) is 3. The first-order valence-electron chi connectivity index (χ1n) is 5.88. The Labute approximate surface area is 98.1 Å². The van der Waals surface area contributed by atoms with E-state index in [0.717, 1.165) is 12.8 Å². The van der Waals surface area contributed by atoms with Gasteiger partial charge in [0.1, 0.15) is 0 Å². The number of aliphatic hydroxyl groups is 1. The van der Waals surface area contributed by atoms with E-state index in [0.29, 0.717) is 18.0 Å². The monoisotopic (exact) mass is 228 g/mol. The van der Waals surface area contributed by atoms with Crippen LogP contribution in [0.4, 0.5) is 0 Å². The van der Waals surface area contributed by atoms with Crippen molar-refractivity contribution >= 4 is 5.91 Å². The van der Waals surface area contributed by atoms with Crippen LogP contribution in [0.25, 0.3) is 0 Å². The maximum absolute atomic E-state index is 11.5. The maximum atomic E-state index is 11.5. The predicted octanol–water partition coefficient (Wildman–Crippen LogP) is 1.17. The van der Waals surface area contributed by atoms with Crippen LogP contribution >= 0.6 is 0 Å². The van der Waals surface area contributed by atoms with Gasteiger partial charge in [0.05, 0.1) is 6.17 Å². The summed E-state index contributed by atoms with van der Waals surface area (Å²) in [6.07, 6.45) is 2.33. The zero-order valence-corrected chi connectivity index (χ0v) is 10.5. The second-order valence-electron chi connectivity index (χ2n) is 4.00. The average molecular weight is 228 g/mol. The molecule has 0 radical (unpaired) electrons. The molecule has 16 heavy (non-hydrogen) atoms. The first-order chi connectivity index (χ1) is 7.54. The molecule has 1 atom stereocenters. The fourth-order valence-corrected chi connectivity index (χ4v) is 1.42. The third-order valence-electron chi connectivity index (χ3n) is 2.53. The second-order valence-corrected chi connectivity index (χ2v) is 4.00. The molecular weight excluding hydrogens is 204 g/mol. The van der Waals surface area contributed by atoms with Crippen LogP contribution in [0.2, 0.25) is 0 Å². The van der Waals surface area contributed by atoms with Gasteiger partial charge in [0, 0.05) is 24.6 Å². The van der Waals surface area contributed by atoms with E-state index in [9.17, 15) is 4.79 Å². The van der Waals surface area contributed by atoms with Gasteiger partial charge < -0.3 is 10.4 Å². The summed E-state index contributed by atoms with van der Waals surface area (Å²) in [4.78, 5) is 11.5. The van der Waals surface area contributed by atoms with E-state index in [2.05, 4.69) is 31.1 Å². The molecule has 1 unspecified atom stereocenters. The van der Waals surface area contributed by atoms with E-state index in [1.165, 1.54) is 0 Å². The molecule has 3 N–H and O–H groups in total. The molecular formula is C12H24N2O2. The first-order valence-corrected chi connectivity index (χ1v) is 5.88. The summed E-state index contributed by atoms with van der Waals surface area (Å²) in [6.45, 7) is 9.49. The first kappa shape index (κ1) is 15.1. The Bertz CT molecular complexity index is 225. The maximum Gasteiger partial charge on any atom is 0.247 e. The lowest BCUT2D eigenvalue weighted by molar-refractivity contribution is -0.118. The van der Waals surface area contributed by atoms with Gasteiger partial charge in [-0.1, -0.05) is 20.4 Å². The number of aliphatic hydroxyl groups excluding tert-OH is 1. The fraction of sp³-hybridized carbons (Fsp3) is 0.750. The number of hydrogen-bond acceptors (Lipinski definition) is 3. The van der Waals surface area contributed by atoms with Gasteiger partial charge >= 0.3 is 0 Å². The minimum absolute atomic E-state index is 0.0499.